The van der Waals surface area contributed by atoms with Gasteiger partial charge in [-0.25, -0.2) is 9.18 Å². The Morgan fingerprint density at radius 1 is 1.14 bits per heavy atom. The second kappa shape index (κ2) is 9.98. The molecule has 4 rings (SSSR count). The Morgan fingerprint density at radius 2 is 1.94 bits per heavy atom. The summed E-state index contributed by atoms with van der Waals surface area (Å²) in [6.45, 7) is 1.35. The zero-order valence-corrected chi connectivity index (χ0v) is 19.5. The number of benzene rings is 2. The summed E-state index contributed by atoms with van der Waals surface area (Å²) in [4.78, 5) is 50.1. The molecule has 0 radical (unpaired) electrons. The highest BCUT2D eigenvalue weighted by atomic mass is 32.2. The average molecular weight is 495 g/mol. The first kappa shape index (κ1) is 24.0. The second-order valence-electron chi connectivity index (χ2n) is 7.55. The van der Waals surface area contributed by atoms with Crippen LogP contribution in [0.1, 0.15) is 21.7 Å². The van der Waals surface area contributed by atoms with Crippen molar-refractivity contribution in [3.8, 4) is 11.3 Å². The van der Waals surface area contributed by atoms with Crippen LogP contribution in [0.15, 0.2) is 63.9 Å². The Bertz CT molecular complexity index is 1380. The number of thioether (sulfide) groups is 1. The van der Waals surface area contributed by atoms with E-state index in [1.807, 2.05) is 6.92 Å². The summed E-state index contributed by atoms with van der Waals surface area (Å²) in [5, 5.41) is 1.85. The van der Waals surface area contributed by atoms with Crippen molar-refractivity contribution >= 4 is 46.5 Å². The number of carbonyl (C=O) groups is 4. The number of halogens is 1. The van der Waals surface area contributed by atoms with E-state index in [9.17, 15) is 23.6 Å². The van der Waals surface area contributed by atoms with Crippen LogP contribution in [0.4, 0.5) is 14.9 Å². The summed E-state index contributed by atoms with van der Waals surface area (Å²) in [5.41, 5.74) is 2.12. The Kier molecular flexibility index (Phi) is 6.83. The van der Waals surface area contributed by atoms with Gasteiger partial charge in [-0.15, -0.1) is 0 Å². The lowest BCUT2D eigenvalue weighted by molar-refractivity contribution is -0.127. The summed E-state index contributed by atoms with van der Waals surface area (Å²) in [7, 11) is 1.30. The minimum atomic E-state index is -0.642. The van der Waals surface area contributed by atoms with Gasteiger partial charge < -0.3 is 14.5 Å². The molecule has 0 unspecified atom stereocenters. The Morgan fingerprint density at radius 3 is 2.69 bits per heavy atom. The molecule has 0 spiro atoms. The molecule has 2 heterocycles. The first-order valence-electron chi connectivity index (χ1n) is 10.3. The van der Waals surface area contributed by atoms with Gasteiger partial charge in [-0.3, -0.25) is 19.3 Å². The molecule has 0 bridgehead atoms. The van der Waals surface area contributed by atoms with Gasteiger partial charge >= 0.3 is 5.97 Å². The molecule has 8 nitrogen and oxygen atoms in total. The van der Waals surface area contributed by atoms with E-state index in [1.165, 1.54) is 31.4 Å². The molecule has 1 N–H and O–H groups in total. The fourth-order valence-corrected chi connectivity index (χ4v) is 4.20. The molecule has 1 saturated heterocycles. The fraction of sp³-hybridized carbons (Fsp3) is 0.120. The number of hydrogen-bond acceptors (Lipinski definition) is 7. The molecule has 3 aromatic rings. The largest absolute Gasteiger partial charge is 0.465 e. The molecule has 178 valence electrons. The van der Waals surface area contributed by atoms with Crippen molar-refractivity contribution in [2.24, 2.45) is 0 Å². The number of hydrogen-bond donors (Lipinski definition) is 1. The number of methoxy groups -OCH3 is 1. The van der Waals surface area contributed by atoms with Crippen LogP contribution in [0.2, 0.25) is 0 Å². The topological polar surface area (TPSA) is 106 Å². The molecule has 1 aromatic heterocycles. The van der Waals surface area contributed by atoms with E-state index in [2.05, 4.69) is 5.32 Å². The van der Waals surface area contributed by atoms with E-state index in [-0.39, 0.29) is 10.6 Å². The molecule has 1 aliphatic heterocycles. The van der Waals surface area contributed by atoms with Gasteiger partial charge in [0.15, 0.2) is 0 Å². The summed E-state index contributed by atoms with van der Waals surface area (Å²) < 4.78 is 23.9. The first-order chi connectivity index (χ1) is 16.7. The molecule has 1 fully saturated rings. The summed E-state index contributed by atoms with van der Waals surface area (Å²) in [6.07, 6.45) is 1.42. The van der Waals surface area contributed by atoms with Crippen LogP contribution in [-0.2, 0) is 14.3 Å². The number of anilines is 1. The Hall–Kier alpha value is -4.18. The zero-order valence-electron chi connectivity index (χ0n) is 18.7. The lowest BCUT2D eigenvalue weighted by atomic mass is 10.0. The van der Waals surface area contributed by atoms with Crippen molar-refractivity contribution in [1.82, 2.24) is 4.90 Å². The molecular weight excluding hydrogens is 475 g/mol. The normalized spacial score (nSPS) is 14.5. The maximum Gasteiger partial charge on any atom is 0.337 e. The number of imide groups is 1. The van der Waals surface area contributed by atoms with E-state index >= 15 is 0 Å². The van der Waals surface area contributed by atoms with Gasteiger partial charge in [-0.1, -0.05) is 12.1 Å². The summed E-state index contributed by atoms with van der Waals surface area (Å²) in [5.74, 6) is -1.50. The summed E-state index contributed by atoms with van der Waals surface area (Å²) >= 11 is 0.682. The number of esters is 1. The van der Waals surface area contributed by atoms with Gasteiger partial charge in [0.05, 0.1) is 17.6 Å². The number of rotatable bonds is 6. The second-order valence-corrected chi connectivity index (χ2v) is 8.54. The van der Waals surface area contributed by atoms with E-state index in [4.69, 9.17) is 9.15 Å². The number of ether oxygens (including phenoxy) is 1. The van der Waals surface area contributed by atoms with Gasteiger partial charge in [0, 0.05) is 17.3 Å². The van der Waals surface area contributed by atoms with E-state index < -0.39 is 35.4 Å². The molecule has 35 heavy (non-hydrogen) atoms. The highest BCUT2D eigenvalue weighted by molar-refractivity contribution is 8.18. The maximum atomic E-state index is 13.3. The third-order valence-electron chi connectivity index (χ3n) is 5.11. The third kappa shape index (κ3) is 5.33. The van der Waals surface area contributed by atoms with Crippen LogP contribution in [0.25, 0.3) is 17.4 Å². The molecular formula is C25H19FN2O6S. The van der Waals surface area contributed by atoms with Crippen LogP contribution in [0, 0.1) is 12.7 Å². The lowest BCUT2D eigenvalue weighted by Crippen LogP contribution is -2.36. The highest BCUT2D eigenvalue weighted by Gasteiger charge is 2.36. The molecule has 0 atom stereocenters. The van der Waals surface area contributed by atoms with Crippen molar-refractivity contribution in [1.29, 1.82) is 0 Å². The van der Waals surface area contributed by atoms with Crippen LogP contribution >= 0.6 is 11.8 Å². The van der Waals surface area contributed by atoms with E-state index in [0.717, 1.165) is 16.5 Å². The van der Waals surface area contributed by atoms with Crippen molar-refractivity contribution in [2.45, 2.75) is 6.92 Å². The van der Waals surface area contributed by atoms with Gasteiger partial charge in [0.2, 0.25) is 5.91 Å². The molecule has 0 aliphatic carbocycles. The molecule has 1 aliphatic rings. The van der Waals surface area contributed by atoms with E-state index in [0.29, 0.717) is 34.4 Å². The quantitative estimate of drug-likeness (QED) is 0.385. The predicted molar refractivity (Wildman–Crippen MR) is 128 cm³/mol. The molecule has 0 saturated carbocycles. The highest BCUT2D eigenvalue weighted by Crippen LogP contribution is 2.34. The minimum Gasteiger partial charge on any atom is -0.465 e. The average Bonchev–Trinajstić information content (AvgIpc) is 3.39. The van der Waals surface area contributed by atoms with Crippen LogP contribution in [0.3, 0.4) is 0 Å². The fourth-order valence-electron chi connectivity index (χ4n) is 3.38. The Balaban J connectivity index is 1.49. The van der Waals surface area contributed by atoms with Gasteiger partial charge in [-0.05, 0) is 66.7 Å². The van der Waals surface area contributed by atoms with Crippen LogP contribution in [-0.4, -0.2) is 41.6 Å². The van der Waals surface area contributed by atoms with Gasteiger partial charge in [0.25, 0.3) is 11.1 Å². The van der Waals surface area contributed by atoms with Gasteiger partial charge in [-0.2, -0.15) is 0 Å². The van der Waals surface area contributed by atoms with Crippen molar-refractivity contribution in [3.63, 3.8) is 0 Å². The van der Waals surface area contributed by atoms with Crippen molar-refractivity contribution in [3.05, 3.63) is 82.2 Å². The van der Waals surface area contributed by atoms with Crippen molar-refractivity contribution < 1.29 is 32.7 Å². The van der Waals surface area contributed by atoms with Crippen molar-refractivity contribution in [2.75, 3.05) is 19.0 Å². The minimum absolute atomic E-state index is 0.0921. The molecule has 3 amide bonds. The van der Waals surface area contributed by atoms with E-state index in [1.54, 1.807) is 30.3 Å². The molecule has 2 aromatic carbocycles. The Labute approximate surface area is 203 Å². The number of furan rings is 1. The smallest absolute Gasteiger partial charge is 0.337 e. The number of nitrogens with one attached hydrogen (secondary N) is 1. The number of nitrogens with zero attached hydrogens (tertiary/aromatic N) is 1. The zero-order chi connectivity index (χ0) is 25.1. The standard InChI is InChI=1S/C25H19FN2O6S/c1-14-6-7-15(24(31)33-2)10-19(14)20-9-8-18(34-20)12-21-23(30)28(25(32)35-21)13-22(29)27-17-5-3-4-16(26)11-17/h3-12H,13H2,1-2H3,(H,27,29)/b21-12+. The first-order valence-corrected chi connectivity index (χ1v) is 11.2. The number of carbonyl (C=O) groups excluding carboxylic acids is 4. The monoisotopic (exact) mass is 494 g/mol. The lowest BCUT2D eigenvalue weighted by Gasteiger charge is -2.12. The molecule has 10 heteroatoms. The SMILES string of the molecule is COC(=O)c1ccc(C)c(-c2ccc(/C=C3/SC(=O)N(CC(=O)Nc4cccc(F)c4)C3=O)o2)c1. The number of aryl methyl sites for hydroxylation is 1. The van der Waals surface area contributed by atoms with Crippen LogP contribution in [0.5, 0.6) is 0 Å². The van der Waals surface area contributed by atoms with Gasteiger partial charge in [0.1, 0.15) is 23.9 Å². The third-order valence-corrected chi connectivity index (χ3v) is 6.02. The number of amides is 3. The predicted octanol–water partition coefficient (Wildman–Crippen LogP) is 4.86. The maximum absolute atomic E-state index is 13.3. The van der Waals surface area contributed by atoms with Crippen LogP contribution < -0.4 is 5.32 Å². The summed E-state index contributed by atoms with van der Waals surface area (Å²) in [6, 6.07) is 13.7.